The van der Waals surface area contributed by atoms with Gasteiger partial charge in [0, 0.05) is 0 Å². The minimum atomic E-state index is -1.30. The van der Waals surface area contributed by atoms with Crippen LogP contribution >= 0.6 is 0 Å². The Labute approximate surface area is 159 Å². The third-order valence-corrected chi connectivity index (χ3v) is 4.46. The minimum absolute atomic E-state index is 0.0186. The van der Waals surface area contributed by atoms with Crippen LogP contribution in [0.4, 0.5) is 24.5 Å². The molecule has 0 bridgehead atoms. The number of nitrogens with one attached hydrogen (secondary N) is 1. The molecule has 0 saturated carbocycles. The highest BCUT2D eigenvalue weighted by Gasteiger charge is 2.44. The molecular weight excluding hydrogens is 373 g/mol. The molecule has 1 aliphatic heterocycles. The van der Waals surface area contributed by atoms with Gasteiger partial charge in [-0.25, -0.2) is 13.2 Å². The summed E-state index contributed by atoms with van der Waals surface area (Å²) in [5, 5.41) is 12.7. The second-order valence-electron chi connectivity index (χ2n) is 6.77. The summed E-state index contributed by atoms with van der Waals surface area (Å²) in [7, 11) is 0. The maximum atomic E-state index is 14.4. The predicted octanol–water partition coefficient (Wildman–Crippen LogP) is 2.33. The molecule has 0 atom stereocenters. The van der Waals surface area contributed by atoms with Gasteiger partial charge in [0.1, 0.15) is 11.4 Å². The lowest BCUT2D eigenvalue weighted by Gasteiger charge is -2.45. The van der Waals surface area contributed by atoms with E-state index in [2.05, 4.69) is 10.3 Å². The van der Waals surface area contributed by atoms with Gasteiger partial charge < -0.3 is 21.1 Å². The van der Waals surface area contributed by atoms with E-state index in [1.165, 1.54) is 17.0 Å². The third kappa shape index (κ3) is 3.79. The lowest BCUT2D eigenvalue weighted by Crippen LogP contribution is -2.65. The number of benzene rings is 2. The highest BCUT2D eigenvalue weighted by Crippen LogP contribution is 2.31. The Bertz CT molecular complexity index is 943. The molecule has 2 aromatic rings. The van der Waals surface area contributed by atoms with Gasteiger partial charge in [0.05, 0.1) is 42.9 Å². The Morgan fingerprint density at radius 3 is 2.64 bits per heavy atom. The van der Waals surface area contributed by atoms with E-state index in [4.69, 9.17) is 5.73 Å². The average molecular weight is 392 g/mol. The number of nitrogens with zero attached hydrogens (tertiary/aromatic N) is 2. The summed E-state index contributed by atoms with van der Waals surface area (Å²) in [6, 6.07) is 6.14. The zero-order valence-corrected chi connectivity index (χ0v) is 15.0. The molecule has 148 valence electrons. The van der Waals surface area contributed by atoms with Crippen LogP contribution in [0.5, 0.6) is 0 Å². The molecule has 1 saturated heterocycles. The lowest BCUT2D eigenvalue weighted by atomic mass is 9.93. The van der Waals surface area contributed by atoms with Crippen LogP contribution in [0.1, 0.15) is 15.9 Å². The molecule has 0 unspecified atom stereocenters. The fourth-order valence-corrected chi connectivity index (χ4v) is 3.01. The van der Waals surface area contributed by atoms with Gasteiger partial charge in [0.2, 0.25) is 0 Å². The number of carbonyl (C=O) groups is 1. The van der Waals surface area contributed by atoms with E-state index in [0.29, 0.717) is 5.56 Å². The largest absolute Gasteiger partial charge is 0.390 e. The number of amides is 1. The summed E-state index contributed by atoms with van der Waals surface area (Å²) >= 11 is 0. The summed E-state index contributed by atoms with van der Waals surface area (Å²) in [4.78, 5) is 17.7. The van der Waals surface area contributed by atoms with Gasteiger partial charge in [0.25, 0.3) is 5.91 Å². The molecule has 3 rings (SSSR count). The summed E-state index contributed by atoms with van der Waals surface area (Å²) in [6.07, 6.45) is 1.05. The molecule has 6 nitrogen and oxygen atoms in total. The molecule has 0 spiro atoms. The third-order valence-electron chi connectivity index (χ3n) is 4.46. The molecule has 1 aliphatic rings. The smallest absolute Gasteiger partial charge is 0.256 e. The van der Waals surface area contributed by atoms with Gasteiger partial charge >= 0.3 is 0 Å². The van der Waals surface area contributed by atoms with E-state index in [0.717, 1.165) is 18.5 Å². The van der Waals surface area contributed by atoms with Crippen molar-refractivity contribution in [3.63, 3.8) is 0 Å². The number of aliphatic imine (C=N–C) groups is 1. The Morgan fingerprint density at radius 1 is 1.29 bits per heavy atom. The summed E-state index contributed by atoms with van der Waals surface area (Å²) in [6.45, 7) is 1.62. The van der Waals surface area contributed by atoms with Crippen LogP contribution in [0.2, 0.25) is 0 Å². The van der Waals surface area contributed by atoms with Crippen LogP contribution in [0.3, 0.4) is 0 Å². The fourth-order valence-electron chi connectivity index (χ4n) is 3.01. The first-order valence-corrected chi connectivity index (χ1v) is 8.47. The molecular formula is C19H19F3N4O2. The van der Waals surface area contributed by atoms with Crippen molar-refractivity contribution in [2.45, 2.75) is 12.5 Å². The number of aliphatic hydroxyl groups is 1. The number of hydrogen-bond donors (Lipinski definition) is 3. The van der Waals surface area contributed by atoms with Crippen molar-refractivity contribution < 1.29 is 23.1 Å². The van der Waals surface area contributed by atoms with Crippen molar-refractivity contribution in [2.24, 2.45) is 10.7 Å². The quantitative estimate of drug-likeness (QED) is 0.538. The average Bonchev–Trinajstić information content (AvgIpc) is 2.63. The van der Waals surface area contributed by atoms with Gasteiger partial charge in [-0.1, -0.05) is 6.07 Å². The standard InChI is InChI=1S/C19H19F3N4O2/c1-11-2-5-15(14(21)6-11)25-17-12(3-4-13(20)16(17)22)18(27)26-8-19(28,9-26)7-24-10-23/h2-6,10,25,28H,7-9H2,1H3,(H2,23,24). The van der Waals surface area contributed by atoms with Gasteiger partial charge in [-0.15, -0.1) is 0 Å². The first-order valence-electron chi connectivity index (χ1n) is 8.47. The number of nitrogens with two attached hydrogens (primary N) is 1. The van der Waals surface area contributed by atoms with Crippen LogP contribution in [-0.2, 0) is 0 Å². The zero-order valence-electron chi connectivity index (χ0n) is 15.0. The highest BCUT2D eigenvalue weighted by atomic mass is 19.2. The topological polar surface area (TPSA) is 91.0 Å². The van der Waals surface area contributed by atoms with Crippen LogP contribution in [-0.4, -0.2) is 47.5 Å². The number of halogens is 3. The minimum Gasteiger partial charge on any atom is -0.390 e. The van der Waals surface area contributed by atoms with Gasteiger partial charge in [-0.05, 0) is 36.8 Å². The Balaban J connectivity index is 1.88. The van der Waals surface area contributed by atoms with Crippen molar-refractivity contribution in [2.75, 3.05) is 25.0 Å². The van der Waals surface area contributed by atoms with E-state index < -0.39 is 34.6 Å². The van der Waals surface area contributed by atoms with Crippen LogP contribution < -0.4 is 11.1 Å². The van der Waals surface area contributed by atoms with Gasteiger partial charge in [-0.2, -0.15) is 0 Å². The van der Waals surface area contributed by atoms with E-state index in [-0.39, 0.29) is 30.9 Å². The Kier molecular flexibility index (Phi) is 5.28. The SMILES string of the molecule is Cc1ccc(Nc2c(C(=O)N3CC(O)(CN=CN)C3)ccc(F)c2F)c(F)c1. The lowest BCUT2D eigenvalue weighted by molar-refractivity contribution is -0.0730. The van der Waals surface area contributed by atoms with E-state index >= 15 is 0 Å². The van der Waals surface area contributed by atoms with E-state index in [1.54, 1.807) is 13.0 Å². The first kappa shape index (κ1) is 19.7. The zero-order chi connectivity index (χ0) is 20.5. The number of hydrogen-bond acceptors (Lipinski definition) is 4. The molecule has 2 aromatic carbocycles. The predicted molar refractivity (Wildman–Crippen MR) is 99.2 cm³/mol. The number of β-amino-alcohol motifs (C(OH)–C–C–N with tert-alkyl or cyclic N) is 1. The Morgan fingerprint density at radius 2 is 2.00 bits per heavy atom. The summed E-state index contributed by atoms with van der Waals surface area (Å²) in [5.74, 6) is -3.77. The van der Waals surface area contributed by atoms with Crippen LogP contribution in [0, 0.1) is 24.4 Å². The maximum absolute atomic E-state index is 14.4. The molecule has 1 heterocycles. The molecule has 0 radical (unpaired) electrons. The number of likely N-dealkylation sites (tertiary alicyclic amines) is 1. The van der Waals surface area contributed by atoms with Crippen molar-refractivity contribution in [1.29, 1.82) is 0 Å². The number of aryl methyl sites for hydroxylation is 1. The summed E-state index contributed by atoms with van der Waals surface area (Å²) < 4.78 is 42.3. The molecule has 4 N–H and O–H groups in total. The second kappa shape index (κ2) is 7.51. The van der Waals surface area contributed by atoms with Crippen LogP contribution in [0.25, 0.3) is 0 Å². The number of rotatable bonds is 5. The van der Waals surface area contributed by atoms with Crippen molar-refractivity contribution in [1.82, 2.24) is 4.90 Å². The molecule has 0 aromatic heterocycles. The van der Waals surface area contributed by atoms with Crippen molar-refractivity contribution in [3.05, 3.63) is 58.9 Å². The second-order valence-corrected chi connectivity index (χ2v) is 6.77. The summed E-state index contributed by atoms with van der Waals surface area (Å²) in [5.41, 5.74) is 3.83. The van der Waals surface area contributed by atoms with Gasteiger partial charge in [0.15, 0.2) is 11.6 Å². The van der Waals surface area contributed by atoms with Crippen molar-refractivity contribution >= 4 is 23.6 Å². The monoisotopic (exact) mass is 392 g/mol. The number of anilines is 2. The number of carbonyl (C=O) groups excluding carboxylic acids is 1. The molecule has 9 heteroatoms. The maximum Gasteiger partial charge on any atom is 0.256 e. The van der Waals surface area contributed by atoms with E-state index in [1.807, 2.05) is 0 Å². The molecule has 1 amide bonds. The highest BCUT2D eigenvalue weighted by molar-refractivity contribution is 6.01. The fraction of sp³-hybridized carbons (Fsp3) is 0.263. The van der Waals surface area contributed by atoms with E-state index in [9.17, 15) is 23.1 Å². The molecule has 1 fully saturated rings. The van der Waals surface area contributed by atoms with Crippen LogP contribution in [0.15, 0.2) is 35.3 Å². The Hall–Kier alpha value is -3.07. The molecule has 28 heavy (non-hydrogen) atoms. The van der Waals surface area contributed by atoms with Gasteiger partial charge in [-0.3, -0.25) is 9.79 Å². The first-order chi connectivity index (χ1) is 13.2. The van der Waals surface area contributed by atoms with Crippen molar-refractivity contribution in [3.8, 4) is 0 Å². The molecule has 0 aliphatic carbocycles. The normalized spacial score (nSPS) is 15.5.